The van der Waals surface area contributed by atoms with E-state index in [4.69, 9.17) is 5.73 Å². The molecule has 2 aromatic carbocycles. The molecule has 35 heavy (non-hydrogen) atoms. The first-order chi connectivity index (χ1) is 16.7. The van der Waals surface area contributed by atoms with E-state index in [-0.39, 0.29) is 18.7 Å². The van der Waals surface area contributed by atoms with Crippen molar-refractivity contribution in [2.45, 2.75) is 56.6 Å². The molecule has 1 aliphatic carbocycles. The van der Waals surface area contributed by atoms with Crippen molar-refractivity contribution in [2.24, 2.45) is 11.7 Å². The van der Waals surface area contributed by atoms with Gasteiger partial charge in [-0.1, -0.05) is 56.0 Å². The number of nitriles is 1. The van der Waals surface area contributed by atoms with Crippen LogP contribution in [-0.4, -0.2) is 37.4 Å². The summed E-state index contributed by atoms with van der Waals surface area (Å²) < 4.78 is 67.0. The van der Waals surface area contributed by atoms with Gasteiger partial charge in [-0.25, -0.2) is 8.42 Å². The third-order valence-corrected chi connectivity index (χ3v) is 8.76. The number of hydrogen-bond donors (Lipinski definition) is 1. The molecule has 0 saturated heterocycles. The minimum atomic E-state index is -5.57. The summed E-state index contributed by atoms with van der Waals surface area (Å²) in [5, 5.41) is 11.0. The van der Waals surface area contributed by atoms with Gasteiger partial charge in [0, 0.05) is 31.0 Å². The predicted molar refractivity (Wildman–Crippen MR) is 130 cm³/mol. The summed E-state index contributed by atoms with van der Waals surface area (Å²) in [4.78, 5) is 1.88. The molecule has 0 radical (unpaired) electrons. The lowest BCUT2D eigenvalue weighted by molar-refractivity contribution is -0.0492. The second kappa shape index (κ2) is 10.1. The van der Waals surface area contributed by atoms with Gasteiger partial charge in [0.15, 0.2) is 0 Å². The zero-order valence-corrected chi connectivity index (χ0v) is 20.2. The second-order valence-electron chi connectivity index (χ2n) is 9.34. The number of nitrogens with zero attached hydrogens (tertiary/aromatic N) is 3. The number of alkyl halides is 3. The highest BCUT2D eigenvalue weighted by Crippen LogP contribution is 2.39. The smallest absolute Gasteiger partial charge is 0.404 e. The first-order valence-corrected chi connectivity index (χ1v) is 13.2. The molecule has 0 spiro atoms. The summed E-state index contributed by atoms with van der Waals surface area (Å²) in [7, 11) is -5.57. The maximum Gasteiger partial charge on any atom is 0.511 e. The van der Waals surface area contributed by atoms with Crippen molar-refractivity contribution in [1.82, 2.24) is 4.31 Å². The van der Waals surface area contributed by atoms with Crippen molar-refractivity contribution in [2.75, 3.05) is 18.0 Å². The zero-order chi connectivity index (χ0) is 25.2. The molecule has 1 atom stereocenters. The average Bonchev–Trinajstić information content (AvgIpc) is 3.29. The Morgan fingerprint density at radius 1 is 1.14 bits per heavy atom. The summed E-state index contributed by atoms with van der Waals surface area (Å²) >= 11 is 0. The van der Waals surface area contributed by atoms with E-state index in [1.807, 2.05) is 29.2 Å². The normalized spacial score (nSPS) is 20.6. The van der Waals surface area contributed by atoms with E-state index < -0.39 is 28.1 Å². The highest BCUT2D eigenvalue weighted by Gasteiger charge is 2.51. The van der Waals surface area contributed by atoms with E-state index in [0.717, 1.165) is 37.5 Å². The Kier molecular flexibility index (Phi) is 7.29. The van der Waals surface area contributed by atoms with Crippen molar-refractivity contribution < 1.29 is 21.6 Å². The van der Waals surface area contributed by atoms with Crippen LogP contribution in [0.15, 0.2) is 48.2 Å². The van der Waals surface area contributed by atoms with Gasteiger partial charge in [-0.15, -0.1) is 0 Å². The van der Waals surface area contributed by atoms with Gasteiger partial charge >= 0.3 is 15.5 Å². The molecule has 2 N–H and O–H groups in total. The summed E-state index contributed by atoms with van der Waals surface area (Å²) in [5.74, 6) is 0.476. The number of benzene rings is 2. The summed E-state index contributed by atoms with van der Waals surface area (Å²) in [5.41, 5.74) is 1.65. The summed E-state index contributed by atoms with van der Waals surface area (Å²) in [6, 6.07) is 12.4. The maximum atomic E-state index is 13.7. The third kappa shape index (κ3) is 5.11. The fraction of sp³-hybridized carbons (Fsp3) is 0.480. The minimum Gasteiger partial charge on any atom is -0.404 e. The molecule has 10 heteroatoms. The van der Waals surface area contributed by atoms with Gasteiger partial charge in [-0.05, 0) is 41.2 Å². The lowest BCUT2D eigenvalue weighted by Crippen LogP contribution is -2.47. The summed E-state index contributed by atoms with van der Waals surface area (Å²) in [6.45, 7) is -0.627. The first-order valence-electron chi connectivity index (χ1n) is 11.8. The highest BCUT2D eigenvalue weighted by molar-refractivity contribution is 7.89. The first kappa shape index (κ1) is 25.3. The van der Waals surface area contributed by atoms with E-state index in [9.17, 15) is 26.9 Å². The van der Waals surface area contributed by atoms with Crippen LogP contribution in [0.4, 0.5) is 18.9 Å². The number of nitrogens with two attached hydrogens (primary N) is 1. The van der Waals surface area contributed by atoms with E-state index in [1.165, 1.54) is 6.20 Å². The van der Waals surface area contributed by atoms with E-state index in [2.05, 4.69) is 6.07 Å². The Labute approximate surface area is 203 Å². The number of rotatable bonds is 6. The summed E-state index contributed by atoms with van der Waals surface area (Å²) in [6.07, 6.45) is 6.93. The van der Waals surface area contributed by atoms with Crippen molar-refractivity contribution >= 4 is 26.5 Å². The molecule has 0 aromatic heterocycles. The van der Waals surface area contributed by atoms with Crippen LogP contribution in [0, 0.1) is 17.2 Å². The van der Waals surface area contributed by atoms with E-state index >= 15 is 0 Å². The molecule has 1 aliphatic heterocycles. The second-order valence-corrected chi connectivity index (χ2v) is 11.3. The van der Waals surface area contributed by atoms with Gasteiger partial charge in [0.25, 0.3) is 0 Å². The van der Waals surface area contributed by atoms with Gasteiger partial charge in [0.2, 0.25) is 0 Å². The Morgan fingerprint density at radius 2 is 1.86 bits per heavy atom. The number of sulfonamides is 1. The molecule has 2 aliphatic rings. The SMILES string of the molecule is N#C/C(=C\N)CN1c2ccc3ccccc3c2CN(S(=O)(=O)C(F)(F)F)C[C@H]1CCC1CCCC1. The quantitative estimate of drug-likeness (QED) is 0.556. The Bertz CT molecular complexity index is 1250. The monoisotopic (exact) mass is 506 g/mol. The van der Waals surface area contributed by atoms with Gasteiger partial charge in [0.1, 0.15) is 0 Å². The molecule has 6 nitrogen and oxygen atoms in total. The molecule has 2 aromatic rings. The van der Waals surface area contributed by atoms with E-state index in [1.54, 1.807) is 12.1 Å². The Morgan fingerprint density at radius 3 is 2.51 bits per heavy atom. The van der Waals surface area contributed by atoms with Crippen molar-refractivity contribution in [1.29, 1.82) is 5.26 Å². The zero-order valence-electron chi connectivity index (χ0n) is 19.3. The Hall–Kier alpha value is -2.77. The van der Waals surface area contributed by atoms with Gasteiger partial charge in [0.05, 0.1) is 18.2 Å². The number of anilines is 1. The fourth-order valence-corrected chi connectivity index (χ4v) is 6.32. The molecule has 0 unspecified atom stereocenters. The van der Waals surface area contributed by atoms with Crippen molar-refractivity contribution in [3.05, 3.63) is 53.7 Å². The fourth-order valence-electron chi connectivity index (χ4n) is 5.36. The van der Waals surface area contributed by atoms with Crippen molar-refractivity contribution in [3.63, 3.8) is 0 Å². The molecular formula is C25H29F3N4O2S. The highest BCUT2D eigenvalue weighted by atomic mass is 32.2. The molecule has 1 heterocycles. The van der Waals surface area contributed by atoms with Gasteiger partial charge in [-0.3, -0.25) is 0 Å². The van der Waals surface area contributed by atoms with Crippen molar-refractivity contribution in [3.8, 4) is 6.07 Å². The lowest BCUT2D eigenvalue weighted by Gasteiger charge is -2.34. The molecule has 0 bridgehead atoms. The van der Waals surface area contributed by atoms with Crippen LogP contribution in [0.5, 0.6) is 0 Å². The number of hydrogen-bond acceptors (Lipinski definition) is 5. The van der Waals surface area contributed by atoms with Gasteiger partial charge in [-0.2, -0.15) is 22.7 Å². The van der Waals surface area contributed by atoms with Crippen LogP contribution in [-0.2, 0) is 16.6 Å². The van der Waals surface area contributed by atoms with Crippen LogP contribution in [0.2, 0.25) is 0 Å². The van der Waals surface area contributed by atoms with Crippen LogP contribution < -0.4 is 10.6 Å². The molecule has 188 valence electrons. The van der Waals surface area contributed by atoms with Crippen LogP contribution in [0.25, 0.3) is 10.8 Å². The predicted octanol–water partition coefficient (Wildman–Crippen LogP) is 5.02. The molecule has 1 saturated carbocycles. The largest absolute Gasteiger partial charge is 0.511 e. The van der Waals surface area contributed by atoms with Gasteiger partial charge < -0.3 is 10.6 Å². The maximum absolute atomic E-state index is 13.7. The number of halogens is 3. The van der Waals surface area contributed by atoms with Crippen LogP contribution >= 0.6 is 0 Å². The lowest BCUT2D eigenvalue weighted by atomic mass is 9.96. The number of fused-ring (bicyclic) bond motifs is 3. The molecular weight excluding hydrogens is 477 g/mol. The van der Waals surface area contributed by atoms with Crippen LogP contribution in [0.3, 0.4) is 0 Å². The molecule has 0 amide bonds. The third-order valence-electron chi connectivity index (χ3n) is 7.22. The van der Waals surface area contributed by atoms with E-state index in [0.29, 0.717) is 33.3 Å². The molecule has 1 fully saturated rings. The topological polar surface area (TPSA) is 90.4 Å². The Balaban J connectivity index is 1.85. The van der Waals surface area contributed by atoms with Crippen LogP contribution in [0.1, 0.15) is 44.1 Å². The average molecular weight is 507 g/mol. The minimum absolute atomic E-state index is 0.0909. The standard InChI is InChI=1S/C25H29F3N4O2S/c26-25(27,28)35(33,34)31-16-21(11-9-18-5-1-2-6-18)32(15-19(13-29)14-30)24-12-10-20-7-3-4-8-22(20)23(24)17-31/h3-4,7-8,10,12-13,18,21H,1-2,5-6,9,11,15-17,29H2/b19-13+/t21-/m1/s1. The molecule has 4 rings (SSSR count).